The summed E-state index contributed by atoms with van der Waals surface area (Å²) in [4.78, 5) is 25.8. The normalized spacial score (nSPS) is 9.41. The van der Waals surface area contributed by atoms with Gasteiger partial charge >= 0.3 is 5.97 Å². The first-order chi connectivity index (χ1) is 7.68. The monoisotopic (exact) mass is 253 g/mol. The van der Waals surface area contributed by atoms with Gasteiger partial charge in [0, 0.05) is 18.0 Å². The lowest BCUT2D eigenvalue weighted by Crippen LogP contribution is -2.18. The topological polar surface area (TPSA) is 95.9 Å². The zero-order valence-corrected chi connectivity index (χ0v) is 9.27. The molecule has 2 heterocycles. The number of carbonyl (C=O) groups is 1. The summed E-state index contributed by atoms with van der Waals surface area (Å²) in [5, 5.41) is 14.7. The molecule has 0 fully saturated rings. The molecule has 2 aromatic heterocycles. The van der Waals surface area contributed by atoms with Gasteiger partial charge in [0.2, 0.25) is 0 Å². The number of halogens is 1. The highest BCUT2D eigenvalue weighted by Crippen LogP contribution is 2.13. The van der Waals surface area contributed by atoms with Crippen molar-refractivity contribution in [1.82, 2.24) is 15.2 Å². The molecule has 17 heavy (non-hydrogen) atoms. The van der Waals surface area contributed by atoms with Crippen LogP contribution < -0.4 is 5.56 Å². The molecule has 0 bridgehead atoms. The Morgan fingerprint density at radius 3 is 2.76 bits per heavy atom. The van der Waals surface area contributed by atoms with Crippen molar-refractivity contribution in [2.45, 2.75) is 0 Å². The van der Waals surface area contributed by atoms with E-state index in [2.05, 4.69) is 15.2 Å². The van der Waals surface area contributed by atoms with Gasteiger partial charge in [-0.25, -0.2) is 9.89 Å². The quantitative estimate of drug-likeness (QED) is 0.831. The second-order valence-corrected chi connectivity index (χ2v) is 3.04. The van der Waals surface area contributed by atoms with Gasteiger partial charge in [0.05, 0.1) is 5.69 Å². The number of hydrogen-bond acceptors (Lipinski definition) is 4. The molecular weight excluding hydrogens is 246 g/mol. The van der Waals surface area contributed by atoms with Crippen LogP contribution in [0.15, 0.2) is 35.4 Å². The van der Waals surface area contributed by atoms with Gasteiger partial charge in [-0.3, -0.25) is 9.78 Å². The SMILES string of the molecule is Cl.O=C(O)c1cc(-c2cccnc2)n[nH]c1=O. The molecule has 0 amide bonds. The summed E-state index contributed by atoms with van der Waals surface area (Å²) in [6.45, 7) is 0. The zero-order valence-electron chi connectivity index (χ0n) is 8.45. The fourth-order valence-electron chi connectivity index (χ4n) is 1.23. The molecule has 0 saturated heterocycles. The number of H-pyrrole nitrogens is 1. The minimum Gasteiger partial charge on any atom is -0.477 e. The molecule has 0 aromatic carbocycles. The number of aromatic amines is 1. The van der Waals surface area contributed by atoms with Crippen LogP contribution >= 0.6 is 12.4 Å². The van der Waals surface area contributed by atoms with E-state index in [9.17, 15) is 9.59 Å². The third-order valence-corrected chi connectivity index (χ3v) is 1.99. The summed E-state index contributed by atoms with van der Waals surface area (Å²) in [5.41, 5.74) is -0.0552. The highest BCUT2D eigenvalue weighted by molar-refractivity contribution is 5.88. The first kappa shape index (κ1) is 12.9. The summed E-state index contributed by atoms with van der Waals surface area (Å²) in [6.07, 6.45) is 3.12. The highest BCUT2D eigenvalue weighted by atomic mass is 35.5. The van der Waals surface area contributed by atoms with E-state index < -0.39 is 11.5 Å². The van der Waals surface area contributed by atoms with Crippen LogP contribution in [0.4, 0.5) is 0 Å². The van der Waals surface area contributed by atoms with Crippen molar-refractivity contribution in [3.05, 3.63) is 46.5 Å². The van der Waals surface area contributed by atoms with Gasteiger partial charge in [-0.1, -0.05) is 0 Å². The summed E-state index contributed by atoms with van der Waals surface area (Å²) >= 11 is 0. The highest BCUT2D eigenvalue weighted by Gasteiger charge is 2.11. The maximum absolute atomic E-state index is 11.1. The van der Waals surface area contributed by atoms with E-state index in [4.69, 9.17) is 5.11 Å². The fourth-order valence-corrected chi connectivity index (χ4v) is 1.23. The van der Waals surface area contributed by atoms with Gasteiger partial charge < -0.3 is 5.11 Å². The van der Waals surface area contributed by atoms with Crippen LogP contribution in [0.2, 0.25) is 0 Å². The zero-order chi connectivity index (χ0) is 11.5. The van der Waals surface area contributed by atoms with E-state index in [1.807, 2.05) is 0 Å². The number of nitrogens with one attached hydrogen (secondary N) is 1. The Kier molecular flexibility index (Phi) is 3.95. The fraction of sp³-hybridized carbons (Fsp3) is 0. The second kappa shape index (κ2) is 5.22. The Hall–Kier alpha value is -2.21. The second-order valence-electron chi connectivity index (χ2n) is 3.04. The van der Waals surface area contributed by atoms with E-state index in [1.165, 1.54) is 12.3 Å². The smallest absolute Gasteiger partial charge is 0.341 e. The largest absolute Gasteiger partial charge is 0.477 e. The van der Waals surface area contributed by atoms with Crippen LogP contribution in [0, 0.1) is 0 Å². The molecule has 2 rings (SSSR count). The average Bonchev–Trinajstić information content (AvgIpc) is 2.30. The Bertz CT molecular complexity index is 583. The van der Waals surface area contributed by atoms with Gasteiger partial charge in [-0.05, 0) is 18.2 Å². The molecule has 0 radical (unpaired) electrons. The Labute approximate surface area is 102 Å². The van der Waals surface area contributed by atoms with Crippen LogP contribution in [0.3, 0.4) is 0 Å². The minimum absolute atomic E-state index is 0. The van der Waals surface area contributed by atoms with Crippen LogP contribution in [0.1, 0.15) is 10.4 Å². The minimum atomic E-state index is -1.28. The molecule has 7 heteroatoms. The number of carboxylic acid groups (broad SMARTS) is 1. The van der Waals surface area contributed by atoms with E-state index in [-0.39, 0.29) is 18.0 Å². The van der Waals surface area contributed by atoms with Crippen LogP contribution in [0.25, 0.3) is 11.3 Å². The lowest BCUT2D eigenvalue weighted by molar-refractivity contribution is 0.0694. The molecule has 0 aliphatic heterocycles. The third-order valence-electron chi connectivity index (χ3n) is 1.99. The van der Waals surface area contributed by atoms with Crippen LogP contribution in [-0.2, 0) is 0 Å². The number of aromatic nitrogens is 3. The standard InChI is InChI=1S/C10H7N3O3.ClH/c14-9-7(10(15)16)4-8(12-13-9)6-2-1-3-11-5-6;/h1-5H,(H,13,14)(H,15,16);1H. The molecule has 6 nitrogen and oxygen atoms in total. The van der Waals surface area contributed by atoms with Crippen molar-refractivity contribution in [3.8, 4) is 11.3 Å². The summed E-state index contributed by atoms with van der Waals surface area (Å²) in [5.74, 6) is -1.28. The van der Waals surface area contributed by atoms with Crippen LogP contribution in [0.5, 0.6) is 0 Å². The van der Waals surface area contributed by atoms with Gasteiger partial charge in [-0.15, -0.1) is 12.4 Å². The van der Waals surface area contributed by atoms with E-state index >= 15 is 0 Å². The number of carboxylic acids is 1. The lowest BCUT2D eigenvalue weighted by Gasteiger charge is -1.99. The van der Waals surface area contributed by atoms with E-state index in [1.54, 1.807) is 18.3 Å². The average molecular weight is 254 g/mol. The van der Waals surface area contributed by atoms with E-state index in [0.717, 1.165) is 0 Å². The van der Waals surface area contributed by atoms with Gasteiger partial charge in [0.1, 0.15) is 5.56 Å². The maximum Gasteiger partial charge on any atom is 0.341 e. The number of pyridine rings is 1. The predicted molar refractivity (Wildman–Crippen MR) is 62.3 cm³/mol. The van der Waals surface area contributed by atoms with Crippen molar-refractivity contribution < 1.29 is 9.90 Å². The molecule has 0 aliphatic carbocycles. The Morgan fingerprint density at radius 2 is 2.18 bits per heavy atom. The molecule has 2 N–H and O–H groups in total. The molecule has 88 valence electrons. The predicted octanol–water partition coefficient (Wildman–Crippen LogP) is 0.952. The molecule has 0 spiro atoms. The van der Waals surface area contributed by atoms with E-state index in [0.29, 0.717) is 11.3 Å². The number of hydrogen-bond donors (Lipinski definition) is 2. The van der Waals surface area contributed by atoms with Crippen LogP contribution in [-0.4, -0.2) is 26.3 Å². The summed E-state index contributed by atoms with van der Waals surface area (Å²) in [6, 6.07) is 4.64. The molecule has 0 saturated carbocycles. The first-order valence-electron chi connectivity index (χ1n) is 4.42. The Balaban J connectivity index is 0.00000144. The van der Waals surface area contributed by atoms with Gasteiger partial charge in [0.15, 0.2) is 0 Å². The molecule has 0 aliphatic rings. The summed E-state index contributed by atoms with van der Waals surface area (Å²) < 4.78 is 0. The Morgan fingerprint density at radius 1 is 1.41 bits per heavy atom. The van der Waals surface area contributed by atoms with Crippen molar-refractivity contribution in [2.24, 2.45) is 0 Å². The van der Waals surface area contributed by atoms with Gasteiger partial charge in [-0.2, -0.15) is 5.10 Å². The number of rotatable bonds is 2. The van der Waals surface area contributed by atoms with Crippen molar-refractivity contribution in [2.75, 3.05) is 0 Å². The molecule has 2 aromatic rings. The van der Waals surface area contributed by atoms with Crippen molar-refractivity contribution in [1.29, 1.82) is 0 Å². The van der Waals surface area contributed by atoms with Gasteiger partial charge in [0.25, 0.3) is 5.56 Å². The third kappa shape index (κ3) is 2.67. The molecule has 0 atom stereocenters. The molecule has 0 unspecified atom stereocenters. The first-order valence-corrected chi connectivity index (χ1v) is 4.42. The maximum atomic E-state index is 11.1. The number of nitrogens with zero attached hydrogens (tertiary/aromatic N) is 2. The van der Waals surface area contributed by atoms with Crippen molar-refractivity contribution >= 4 is 18.4 Å². The summed E-state index contributed by atoms with van der Waals surface area (Å²) in [7, 11) is 0. The number of aromatic carboxylic acids is 1. The lowest BCUT2D eigenvalue weighted by atomic mass is 10.1. The molecular formula is C10H8ClN3O3. The van der Waals surface area contributed by atoms with Crippen molar-refractivity contribution in [3.63, 3.8) is 0 Å².